The van der Waals surface area contributed by atoms with Crippen LogP contribution in [0.15, 0.2) is 0 Å². The molecule has 0 spiro atoms. The van der Waals surface area contributed by atoms with Crippen molar-refractivity contribution in [1.29, 1.82) is 0 Å². The van der Waals surface area contributed by atoms with Crippen LogP contribution >= 0.6 is 0 Å². The zero-order valence-electron chi connectivity index (χ0n) is 7.80. The summed E-state index contributed by atoms with van der Waals surface area (Å²) in [6.07, 6.45) is 0. The summed E-state index contributed by atoms with van der Waals surface area (Å²) in [5.41, 5.74) is 0. The van der Waals surface area contributed by atoms with Crippen LogP contribution in [0.3, 0.4) is 0 Å². The van der Waals surface area contributed by atoms with Crippen molar-refractivity contribution in [2.24, 2.45) is 0 Å². The molecular weight excluding hydrogens is 1160 g/mol. The van der Waals surface area contributed by atoms with Gasteiger partial charge in [0.1, 0.15) is 0 Å². The molecule has 0 aromatic carbocycles. The molecule has 0 aliphatic rings. The molecule has 4 radical (unpaired) electrons. The van der Waals surface area contributed by atoms with Gasteiger partial charge in [0.05, 0.1) is 0 Å². The second-order valence-corrected chi connectivity index (χ2v) is 0. The fraction of sp³-hybridized carbons (Fsp3) is 0. The summed E-state index contributed by atoms with van der Waals surface area (Å²) < 4.78 is 0. The molecule has 0 bridgehead atoms. The Morgan fingerprint density at radius 2 is 0.235 bits per heavy atom. The Balaban J connectivity index is 0. The normalized spacial score (nSPS) is 0. The molecule has 12 nitrogen and oxygen atoms in total. The molecule has 0 aromatic heterocycles. The molecule has 0 fully saturated rings. The minimum atomic E-state index is 0. The van der Waals surface area contributed by atoms with Crippen molar-refractivity contribution in [3.63, 3.8) is 0 Å². The van der Waals surface area contributed by atoms with Gasteiger partial charge in [-0.25, -0.2) is 0 Å². The molecule has 0 aromatic rings. The molecule has 0 aliphatic carbocycles. The average Bonchev–Trinajstić information content (AvgIpc) is 0. The summed E-state index contributed by atoms with van der Waals surface area (Å²) in [4.78, 5) is 0. The van der Waals surface area contributed by atoms with Crippen LogP contribution in [0.25, 0.3) is 0 Å². The second-order valence-electron chi connectivity index (χ2n) is 0. The van der Waals surface area contributed by atoms with Crippen molar-refractivity contribution in [2.75, 3.05) is 0 Å². The Morgan fingerprint density at radius 3 is 0.235 bits per heavy atom. The molecule has 0 amide bonds. The Labute approximate surface area is 179 Å². The average molecular weight is 1180 g/mol. The number of hydrogen-bond donors (Lipinski definition) is 0. The maximum Gasteiger partial charge on any atom is 3.00 e. The number of rotatable bonds is 0. The summed E-state index contributed by atoms with van der Waals surface area (Å²) in [5.74, 6) is 0. The van der Waals surface area contributed by atoms with E-state index in [1.165, 1.54) is 0 Å². The first-order valence-corrected chi connectivity index (χ1v) is 0. The van der Waals surface area contributed by atoms with Gasteiger partial charge in [0.25, 0.3) is 0 Å². The van der Waals surface area contributed by atoms with Crippen molar-refractivity contribution in [3.8, 4) is 0 Å². The fourth-order valence-corrected chi connectivity index (χ4v) is 0. The molecule has 0 atom stereocenters. The molecule has 18 N–H and O–H groups in total. The van der Waals surface area contributed by atoms with Gasteiger partial charge in [0.15, 0.2) is 0 Å². The van der Waals surface area contributed by atoms with Crippen LogP contribution < -0.4 is 0 Å². The summed E-state index contributed by atoms with van der Waals surface area (Å²) in [6, 6.07) is 0. The van der Waals surface area contributed by atoms with E-state index in [2.05, 4.69) is 0 Å². The quantitative estimate of drug-likeness (QED) is 0.212. The summed E-state index contributed by atoms with van der Waals surface area (Å²) in [6.45, 7) is 0. The number of hydrogen-bond acceptors (Lipinski definition) is 6. The first-order chi connectivity index (χ1) is 0. The van der Waals surface area contributed by atoms with Crippen LogP contribution in [0.4, 0.5) is 0 Å². The molecule has 17 heteroatoms. The zero-order chi connectivity index (χ0) is 0. The third-order valence-electron chi connectivity index (χ3n) is 0. The molecule has 0 saturated carbocycles. The maximum atomic E-state index is 0. The van der Waals surface area contributed by atoms with Gasteiger partial charge in [-0.2, -0.15) is 0 Å². The van der Waals surface area contributed by atoms with Crippen LogP contribution in [0.2, 0.25) is 0 Å². The van der Waals surface area contributed by atoms with Gasteiger partial charge in [0, 0.05) is 63.2 Å². The molecule has 0 saturated heterocycles. The third kappa shape index (κ3) is 519. The first-order valence-electron chi connectivity index (χ1n) is 0. The van der Waals surface area contributed by atoms with Crippen molar-refractivity contribution in [1.82, 2.24) is 0 Å². The topological polar surface area (TPSA) is 369 Å². The molecular formula is H18Bi2O12W3. The molecule has 0 rings (SSSR count). The third-order valence-corrected chi connectivity index (χ3v) is 0. The van der Waals surface area contributed by atoms with E-state index >= 15 is 0 Å². The van der Waals surface area contributed by atoms with Crippen molar-refractivity contribution >= 4 is 52.4 Å². The Hall–Kier alpha value is 3.35. The minimum Gasteiger partial charge on any atom is -0.870 e. The van der Waals surface area contributed by atoms with Gasteiger partial charge >= 0.3 is 52.4 Å². The smallest absolute Gasteiger partial charge is 0.870 e. The molecule has 0 unspecified atom stereocenters. The van der Waals surface area contributed by atoms with Crippen LogP contribution in [-0.2, 0) is 63.2 Å². The van der Waals surface area contributed by atoms with Gasteiger partial charge < -0.3 is 65.7 Å². The summed E-state index contributed by atoms with van der Waals surface area (Å²) >= 11 is 0. The molecule has 0 aliphatic heterocycles. The van der Waals surface area contributed by atoms with E-state index in [4.69, 9.17) is 0 Å². The van der Waals surface area contributed by atoms with Gasteiger partial charge in [-0.1, -0.05) is 0 Å². The predicted octanol–water partition coefficient (Wildman–Crippen LogP) is -6.78. The SMILES string of the molecule is O.O.O.O.O.O.[Bi+3].[Bi+3].[OH-].[OH-].[OH-].[OH-].[OH-].[OH-].[W].[W].[W]. The predicted molar refractivity (Wildman–Crippen MR) is 44.8 cm³/mol. The Bertz CT molecular complexity index is 19.7. The second kappa shape index (κ2) is 580. The van der Waals surface area contributed by atoms with Crippen LogP contribution in [0.1, 0.15) is 0 Å². The Kier molecular flexibility index (Phi) is 23200. The van der Waals surface area contributed by atoms with E-state index in [-0.39, 0.29) is 181 Å². The van der Waals surface area contributed by atoms with Crippen LogP contribution in [0, 0.1) is 0 Å². The summed E-state index contributed by atoms with van der Waals surface area (Å²) in [5, 5.41) is 0. The standard InChI is InChI=1S/2Bi.12H2O.3W/h;;12*1H2;;;/q2*+3;;;;;;;;;;;;;;;/p-6. The van der Waals surface area contributed by atoms with Crippen molar-refractivity contribution in [2.45, 2.75) is 0 Å². The van der Waals surface area contributed by atoms with Crippen molar-refractivity contribution < 1.29 is 129 Å². The Morgan fingerprint density at radius 1 is 0.235 bits per heavy atom. The first kappa shape index (κ1) is 679. The van der Waals surface area contributed by atoms with E-state index in [1.807, 2.05) is 0 Å². The van der Waals surface area contributed by atoms with E-state index in [0.29, 0.717) is 0 Å². The zero-order valence-corrected chi connectivity index (χ0v) is 23.6. The minimum absolute atomic E-state index is 0. The van der Waals surface area contributed by atoms with Gasteiger partial charge in [-0.3, -0.25) is 0 Å². The van der Waals surface area contributed by atoms with Gasteiger partial charge in [-0.05, 0) is 0 Å². The van der Waals surface area contributed by atoms with Crippen LogP contribution in [-0.4, -0.2) is 118 Å². The van der Waals surface area contributed by atoms with Crippen LogP contribution in [0.5, 0.6) is 0 Å². The van der Waals surface area contributed by atoms with Gasteiger partial charge in [-0.15, -0.1) is 0 Å². The molecule has 17 heavy (non-hydrogen) atoms. The molecule has 118 valence electrons. The largest absolute Gasteiger partial charge is 3.00 e. The van der Waals surface area contributed by atoms with E-state index in [0.717, 1.165) is 0 Å². The summed E-state index contributed by atoms with van der Waals surface area (Å²) in [7, 11) is 0. The van der Waals surface area contributed by atoms with E-state index in [9.17, 15) is 0 Å². The maximum absolute atomic E-state index is 0. The monoisotopic (exact) mass is 1180 g/mol. The van der Waals surface area contributed by atoms with E-state index < -0.39 is 0 Å². The van der Waals surface area contributed by atoms with E-state index in [1.54, 1.807) is 0 Å². The fourth-order valence-electron chi connectivity index (χ4n) is 0. The molecule has 0 heterocycles. The van der Waals surface area contributed by atoms with Gasteiger partial charge in [0.2, 0.25) is 0 Å². The van der Waals surface area contributed by atoms with Crippen molar-refractivity contribution in [3.05, 3.63) is 0 Å².